The second-order valence-corrected chi connectivity index (χ2v) is 5.54. The minimum absolute atomic E-state index is 0.0916. The first kappa shape index (κ1) is 17.1. The topological polar surface area (TPSA) is 66.8 Å². The molecule has 124 valence electrons. The van der Waals surface area contributed by atoms with Crippen LogP contribution >= 0.6 is 0 Å². The van der Waals surface area contributed by atoms with Crippen LogP contribution in [0.1, 0.15) is 19.4 Å². The molecule has 1 aromatic rings. The molecule has 0 unspecified atom stereocenters. The summed E-state index contributed by atoms with van der Waals surface area (Å²) in [4.78, 5) is 25.4. The van der Waals surface area contributed by atoms with E-state index >= 15 is 0 Å². The summed E-state index contributed by atoms with van der Waals surface area (Å²) < 4.78 is 18.5. The molecule has 0 aromatic heterocycles. The largest absolute Gasteiger partial charge is 0.447 e. The summed E-state index contributed by atoms with van der Waals surface area (Å²) in [5.41, 5.74) is 0.960. The van der Waals surface area contributed by atoms with E-state index in [1.807, 2.05) is 30.3 Å². The second kappa shape index (κ2) is 7.37. The monoisotopic (exact) mass is 321 g/mol. The molecule has 1 aliphatic heterocycles. The molecule has 5 nitrogen and oxygen atoms in total. The lowest BCUT2D eigenvalue weighted by atomic mass is 9.99. The molecule has 1 saturated heterocycles. The number of cyclic esters (lactones) is 1. The zero-order valence-corrected chi connectivity index (χ0v) is 13.1. The first-order valence-electron chi connectivity index (χ1n) is 7.49. The Kier molecular flexibility index (Phi) is 5.50. The zero-order valence-electron chi connectivity index (χ0n) is 13.1. The highest BCUT2D eigenvalue weighted by atomic mass is 19.1. The third-order valence-electron chi connectivity index (χ3n) is 3.93. The first-order valence-corrected chi connectivity index (χ1v) is 7.49. The van der Waals surface area contributed by atoms with Crippen LogP contribution in [0.5, 0.6) is 0 Å². The van der Waals surface area contributed by atoms with Gasteiger partial charge in [0.25, 0.3) is 0 Å². The van der Waals surface area contributed by atoms with Crippen molar-refractivity contribution < 1.29 is 23.8 Å². The Morgan fingerprint density at radius 2 is 2.13 bits per heavy atom. The van der Waals surface area contributed by atoms with E-state index in [1.165, 1.54) is 13.8 Å². The Labute approximate surface area is 134 Å². The number of carbonyl (C=O) groups excluding carboxylic acids is 2. The van der Waals surface area contributed by atoms with Crippen molar-refractivity contribution in [3.63, 3.8) is 0 Å². The van der Waals surface area contributed by atoms with Gasteiger partial charge in [0.2, 0.25) is 5.91 Å². The molecule has 2 amide bonds. The summed E-state index contributed by atoms with van der Waals surface area (Å²) >= 11 is 0. The Hall–Kier alpha value is -2.21. The van der Waals surface area contributed by atoms with E-state index in [9.17, 15) is 19.1 Å². The van der Waals surface area contributed by atoms with Crippen LogP contribution in [0.25, 0.3) is 0 Å². The van der Waals surface area contributed by atoms with Gasteiger partial charge in [0.1, 0.15) is 18.5 Å². The van der Waals surface area contributed by atoms with Gasteiger partial charge in [-0.25, -0.2) is 14.1 Å². The predicted molar refractivity (Wildman–Crippen MR) is 82.2 cm³/mol. The first-order chi connectivity index (χ1) is 11.0. The third-order valence-corrected chi connectivity index (χ3v) is 3.93. The lowest BCUT2D eigenvalue weighted by Crippen LogP contribution is -2.45. The minimum Gasteiger partial charge on any atom is -0.447 e. The van der Waals surface area contributed by atoms with Gasteiger partial charge in [-0.2, -0.15) is 0 Å². The number of imide groups is 1. The molecule has 3 atom stereocenters. The van der Waals surface area contributed by atoms with Crippen LogP contribution in [0.15, 0.2) is 42.2 Å². The maximum absolute atomic E-state index is 13.5. The van der Waals surface area contributed by atoms with Crippen molar-refractivity contribution in [3.8, 4) is 0 Å². The number of ether oxygens (including phenoxy) is 1. The quantitative estimate of drug-likeness (QED) is 0.904. The number of hydrogen-bond donors (Lipinski definition) is 1. The van der Waals surface area contributed by atoms with Gasteiger partial charge in [0, 0.05) is 0 Å². The van der Waals surface area contributed by atoms with Gasteiger partial charge in [0.15, 0.2) is 0 Å². The average Bonchev–Trinajstić information content (AvgIpc) is 2.93. The highest BCUT2D eigenvalue weighted by Crippen LogP contribution is 2.23. The lowest BCUT2D eigenvalue weighted by Gasteiger charge is -2.25. The molecule has 23 heavy (non-hydrogen) atoms. The number of hydrogen-bond acceptors (Lipinski definition) is 4. The summed E-state index contributed by atoms with van der Waals surface area (Å²) in [5, 5.41) is 9.84. The predicted octanol–water partition coefficient (Wildman–Crippen LogP) is 2.45. The number of nitrogens with zero attached hydrogens (tertiary/aromatic N) is 1. The van der Waals surface area contributed by atoms with Crippen LogP contribution in [-0.2, 0) is 16.0 Å². The molecule has 0 bridgehead atoms. The zero-order chi connectivity index (χ0) is 17.0. The van der Waals surface area contributed by atoms with E-state index in [0.717, 1.165) is 16.5 Å². The molecule has 0 saturated carbocycles. The maximum atomic E-state index is 13.5. The van der Waals surface area contributed by atoms with E-state index in [2.05, 4.69) is 0 Å². The standard InChI is InChI=1S/C17H20FNO4/c1-3-14(18)15(20)11(2)16(21)19-13(10-23-17(19)22)9-12-7-5-4-6-8-12/h3-8,11,13,15,20H,9-10H2,1-2H3/b14-3+/t11-,13+,15-/m0/s1. The van der Waals surface area contributed by atoms with Gasteiger partial charge in [-0.15, -0.1) is 0 Å². The number of allylic oxidation sites excluding steroid dienone is 1. The van der Waals surface area contributed by atoms with Gasteiger partial charge in [-0.05, 0) is 18.9 Å². The molecular weight excluding hydrogens is 301 g/mol. The van der Waals surface area contributed by atoms with Crippen LogP contribution in [-0.4, -0.2) is 40.8 Å². The Bertz CT molecular complexity index is 602. The van der Waals surface area contributed by atoms with Crippen molar-refractivity contribution in [2.24, 2.45) is 5.92 Å². The van der Waals surface area contributed by atoms with E-state index in [-0.39, 0.29) is 6.61 Å². The average molecular weight is 321 g/mol. The summed E-state index contributed by atoms with van der Waals surface area (Å²) in [5.74, 6) is -2.51. The molecule has 1 heterocycles. The van der Waals surface area contributed by atoms with Gasteiger partial charge in [-0.1, -0.05) is 43.3 Å². The number of aliphatic hydroxyl groups is 1. The Balaban J connectivity index is 2.14. The van der Waals surface area contributed by atoms with Crippen LogP contribution < -0.4 is 0 Å². The van der Waals surface area contributed by atoms with Crippen molar-refractivity contribution in [2.45, 2.75) is 32.4 Å². The smallest absolute Gasteiger partial charge is 0.416 e. The number of benzene rings is 1. The molecule has 0 spiro atoms. The normalized spacial score (nSPS) is 21.0. The lowest BCUT2D eigenvalue weighted by molar-refractivity contribution is -0.135. The highest BCUT2D eigenvalue weighted by molar-refractivity contribution is 5.95. The van der Waals surface area contributed by atoms with E-state index in [4.69, 9.17) is 4.74 Å². The summed E-state index contributed by atoms with van der Waals surface area (Å²) in [7, 11) is 0. The third kappa shape index (κ3) is 3.76. The van der Waals surface area contributed by atoms with E-state index < -0.39 is 35.9 Å². The number of rotatable bonds is 5. The van der Waals surface area contributed by atoms with Gasteiger partial charge < -0.3 is 9.84 Å². The van der Waals surface area contributed by atoms with Crippen molar-refractivity contribution in [1.82, 2.24) is 4.90 Å². The Morgan fingerprint density at radius 3 is 2.74 bits per heavy atom. The number of carbonyl (C=O) groups is 2. The second-order valence-electron chi connectivity index (χ2n) is 5.54. The molecule has 1 fully saturated rings. The number of amides is 2. The fourth-order valence-corrected chi connectivity index (χ4v) is 2.53. The van der Waals surface area contributed by atoms with Crippen molar-refractivity contribution >= 4 is 12.0 Å². The summed E-state index contributed by atoms with van der Waals surface area (Å²) in [6.07, 6.45) is -0.778. The van der Waals surface area contributed by atoms with Crippen LogP contribution in [0.4, 0.5) is 9.18 Å². The number of aliphatic hydroxyl groups excluding tert-OH is 1. The fourth-order valence-electron chi connectivity index (χ4n) is 2.53. The maximum Gasteiger partial charge on any atom is 0.416 e. The molecule has 0 radical (unpaired) electrons. The van der Waals surface area contributed by atoms with Gasteiger partial charge >= 0.3 is 6.09 Å². The van der Waals surface area contributed by atoms with Crippen molar-refractivity contribution in [1.29, 1.82) is 0 Å². The molecule has 1 aliphatic rings. The molecule has 6 heteroatoms. The molecule has 1 aromatic carbocycles. The van der Waals surface area contributed by atoms with E-state index in [1.54, 1.807) is 0 Å². The van der Waals surface area contributed by atoms with Crippen LogP contribution in [0, 0.1) is 5.92 Å². The van der Waals surface area contributed by atoms with Crippen LogP contribution in [0.2, 0.25) is 0 Å². The van der Waals surface area contributed by atoms with E-state index in [0.29, 0.717) is 6.42 Å². The summed E-state index contributed by atoms with van der Waals surface area (Å²) in [6.45, 7) is 2.91. The Morgan fingerprint density at radius 1 is 1.48 bits per heavy atom. The molecule has 2 rings (SSSR count). The number of halogens is 1. The SMILES string of the molecule is C/C=C(/F)[C@@H](O)[C@H](C)C(=O)N1C(=O)OC[C@H]1Cc1ccccc1. The van der Waals surface area contributed by atoms with Crippen molar-refractivity contribution in [2.75, 3.05) is 6.61 Å². The molecule has 0 aliphatic carbocycles. The van der Waals surface area contributed by atoms with Gasteiger partial charge in [-0.3, -0.25) is 4.79 Å². The van der Waals surface area contributed by atoms with Crippen molar-refractivity contribution in [3.05, 3.63) is 47.8 Å². The molecular formula is C17H20FNO4. The van der Waals surface area contributed by atoms with Crippen LogP contribution in [0.3, 0.4) is 0 Å². The fraction of sp³-hybridized carbons (Fsp3) is 0.412. The minimum atomic E-state index is -1.57. The molecule has 1 N–H and O–H groups in total. The highest BCUT2D eigenvalue weighted by Gasteiger charge is 2.41. The van der Waals surface area contributed by atoms with Gasteiger partial charge in [0.05, 0.1) is 12.0 Å². The summed E-state index contributed by atoms with van der Waals surface area (Å²) in [6, 6.07) is 8.94.